The fourth-order valence-corrected chi connectivity index (χ4v) is 3.29. The first-order valence-electron chi connectivity index (χ1n) is 8.52. The van der Waals surface area contributed by atoms with Crippen LogP contribution in [-0.2, 0) is 7.05 Å². The zero-order chi connectivity index (χ0) is 17.4. The standard InChI is InChI=1S/C18H21N5O2/c1-12-11-15(22(2)21-12)17(24)19-13-7-9-23(10-8-13)18-20-14-5-3-4-6-16(14)25-18/h3-6,11,13H,7-10H2,1-2H3,(H,19,24). The topological polar surface area (TPSA) is 76.2 Å². The molecule has 0 atom stereocenters. The molecular formula is C18H21N5O2. The molecule has 1 aromatic carbocycles. The first-order chi connectivity index (χ1) is 12.1. The van der Waals surface area contributed by atoms with Gasteiger partial charge in [0.05, 0.1) is 5.69 Å². The van der Waals surface area contributed by atoms with E-state index in [2.05, 4.69) is 20.3 Å². The Morgan fingerprint density at radius 2 is 2.04 bits per heavy atom. The molecule has 3 aromatic rings. The first-order valence-corrected chi connectivity index (χ1v) is 8.52. The van der Waals surface area contributed by atoms with Gasteiger partial charge < -0.3 is 14.6 Å². The fourth-order valence-electron chi connectivity index (χ4n) is 3.29. The van der Waals surface area contributed by atoms with Crippen molar-refractivity contribution in [3.05, 3.63) is 41.7 Å². The van der Waals surface area contributed by atoms with Crippen LogP contribution in [0.15, 0.2) is 34.7 Å². The van der Waals surface area contributed by atoms with Crippen LogP contribution in [0.1, 0.15) is 29.0 Å². The van der Waals surface area contributed by atoms with Gasteiger partial charge >= 0.3 is 0 Å². The Morgan fingerprint density at radius 1 is 1.28 bits per heavy atom. The van der Waals surface area contributed by atoms with Crippen LogP contribution in [0.2, 0.25) is 0 Å². The number of fused-ring (bicyclic) bond motifs is 1. The van der Waals surface area contributed by atoms with Crippen LogP contribution >= 0.6 is 0 Å². The largest absolute Gasteiger partial charge is 0.423 e. The van der Waals surface area contributed by atoms with Crippen molar-refractivity contribution in [1.82, 2.24) is 20.1 Å². The predicted molar refractivity (Wildman–Crippen MR) is 94.7 cm³/mol. The number of aryl methyl sites for hydroxylation is 2. The molecule has 1 saturated heterocycles. The Morgan fingerprint density at radius 3 is 2.72 bits per heavy atom. The van der Waals surface area contributed by atoms with Gasteiger partial charge in [0.1, 0.15) is 11.2 Å². The molecule has 7 nitrogen and oxygen atoms in total. The highest BCUT2D eigenvalue weighted by Crippen LogP contribution is 2.24. The Bertz CT molecular complexity index is 872. The minimum Gasteiger partial charge on any atom is -0.423 e. The molecule has 1 fully saturated rings. The van der Waals surface area contributed by atoms with Crippen molar-refractivity contribution in [1.29, 1.82) is 0 Å². The summed E-state index contributed by atoms with van der Waals surface area (Å²) in [7, 11) is 1.79. The molecule has 0 saturated carbocycles. The maximum atomic E-state index is 12.4. The van der Waals surface area contributed by atoms with Crippen molar-refractivity contribution in [3.8, 4) is 0 Å². The molecule has 130 valence electrons. The minimum absolute atomic E-state index is 0.0663. The maximum absolute atomic E-state index is 12.4. The molecule has 1 aliphatic heterocycles. The van der Waals surface area contributed by atoms with Gasteiger partial charge in [-0.05, 0) is 38.0 Å². The molecule has 0 unspecified atom stereocenters. The number of para-hydroxylation sites is 2. The van der Waals surface area contributed by atoms with Crippen molar-refractivity contribution in [3.63, 3.8) is 0 Å². The maximum Gasteiger partial charge on any atom is 0.298 e. The second kappa shape index (κ2) is 6.23. The minimum atomic E-state index is -0.0663. The van der Waals surface area contributed by atoms with Crippen molar-refractivity contribution >= 4 is 23.0 Å². The summed E-state index contributed by atoms with van der Waals surface area (Å²) in [4.78, 5) is 19.1. The lowest BCUT2D eigenvalue weighted by Gasteiger charge is -2.31. The molecule has 0 spiro atoms. The highest BCUT2D eigenvalue weighted by atomic mass is 16.4. The van der Waals surface area contributed by atoms with E-state index in [1.165, 1.54) is 0 Å². The van der Waals surface area contributed by atoms with Gasteiger partial charge in [0, 0.05) is 26.2 Å². The van der Waals surface area contributed by atoms with Crippen LogP contribution in [0.5, 0.6) is 0 Å². The summed E-state index contributed by atoms with van der Waals surface area (Å²) in [5.74, 6) is -0.0663. The molecule has 0 bridgehead atoms. The molecule has 0 radical (unpaired) electrons. The van der Waals surface area contributed by atoms with Crippen LogP contribution in [0.4, 0.5) is 6.01 Å². The third-order valence-electron chi connectivity index (χ3n) is 4.62. The van der Waals surface area contributed by atoms with E-state index in [9.17, 15) is 4.79 Å². The molecule has 3 heterocycles. The number of rotatable bonds is 3. The number of piperidine rings is 1. The van der Waals surface area contributed by atoms with Crippen LogP contribution < -0.4 is 10.2 Å². The monoisotopic (exact) mass is 339 g/mol. The summed E-state index contributed by atoms with van der Waals surface area (Å²) < 4.78 is 7.45. The fraction of sp³-hybridized carbons (Fsp3) is 0.389. The third-order valence-corrected chi connectivity index (χ3v) is 4.62. The van der Waals surface area contributed by atoms with Gasteiger partial charge in [-0.3, -0.25) is 9.48 Å². The van der Waals surface area contributed by atoms with Gasteiger partial charge in [0.15, 0.2) is 5.58 Å². The number of hydrogen-bond acceptors (Lipinski definition) is 5. The normalized spacial score (nSPS) is 15.7. The second-order valence-corrected chi connectivity index (χ2v) is 6.49. The van der Waals surface area contributed by atoms with Crippen LogP contribution in [-0.4, -0.2) is 39.8 Å². The summed E-state index contributed by atoms with van der Waals surface area (Å²) in [5.41, 5.74) is 3.12. The Kier molecular flexibility index (Phi) is 3.91. The van der Waals surface area contributed by atoms with E-state index in [1.54, 1.807) is 11.7 Å². The zero-order valence-electron chi connectivity index (χ0n) is 14.4. The number of anilines is 1. The Hall–Kier alpha value is -2.83. The summed E-state index contributed by atoms with van der Waals surface area (Å²) in [6, 6.07) is 10.4. The SMILES string of the molecule is Cc1cc(C(=O)NC2CCN(c3nc4ccccc4o3)CC2)n(C)n1. The van der Waals surface area contributed by atoms with Crippen molar-refractivity contribution in [2.24, 2.45) is 7.05 Å². The molecule has 4 rings (SSSR count). The van der Waals surface area contributed by atoms with Crippen LogP contribution in [0, 0.1) is 6.92 Å². The summed E-state index contributed by atoms with van der Waals surface area (Å²) >= 11 is 0. The van der Waals surface area contributed by atoms with E-state index >= 15 is 0 Å². The zero-order valence-corrected chi connectivity index (χ0v) is 14.4. The quantitative estimate of drug-likeness (QED) is 0.792. The van der Waals surface area contributed by atoms with Crippen LogP contribution in [0.25, 0.3) is 11.1 Å². The van der Waals surface area contributed by atoms with E-state index < -0.39 is 0 Å². The van der Waals surface area contributed by atoms with E-state index in [4.69, 9.17) is 4.42 Å². The molecule has 1 aliphatic rings. The molecule has 25 heavy (non-hydrogen) atoms. The van der Waals surface area contributed by atoms with Crippen molar-refractivity contribution in [2.75, 3.05) is 18.0 Å². The number of nitrogens with one attached hydrogen (secondary N) is 1. The average molecular weight is 339 g/mol. The summed E-state index contributed by atoms with van der Waals surface area (Å²) in [6.45, 7) is 3.50. The molecule has 1 N–H and O–H groups in total. The Labute approximate surface area is 145 Å². The smallest absolute Gasteiger partial charge is 0.298 e. The lowest BCUT2D eigenvalue weighted by molar-refractivity contribution is 0.0921. The van der Waals surface area contributed by atoms with Gasteiger partial charge in [-0.15, -0.1) is 0 Å². The number of nitrogens with zero attached hydrogens (tertiary/aromatic N) is 4. The predicted octanol–water partition coefficient (Wildman–Crippen LogP) is 2.27. The number of hydrogen-bond donors (Lipinski definition) is 1. The van der Waals surface area contributed by atoms with Gasteiger partial charge in [-0.2, -0.15) is 10.1 Å². The summed E-state index contributed by atoms with van der Waals surface area (Å²) in [6.07, 6.45) is 1.72. The number of benzene rings is 1. The first kappa shape index (κ1) is 15.7. The number of carbonyl (C=O) groups is 1. The second-order valence-electron chi connectivity index (χ2n) is 6.49. The van der Waals surface area contributed by atoms with Crippen molar-refractivity contribution in [2.45, 2.75) is 25.8 Å². The van der Waals surface area contributed by atoms with Crippen LogP contribution in [0.3, 0.4) is 0 Å². The number of oxazole rings is 1. The molecule has 0 aliphatic carbocycles. The van der Waals surface area contributed by atoms with E-state index in [0.717, 1.165) is 42.7 Å². The van der Waals surface area contributed by atoms with E-state index in [0.29, 0.717) is 11.7 Å². The average Bonchev–Trinajstić information content (AvgIpc) is 3.18. The van der Waals surface area contributed by atoms with E-state index in [1.807, 2.05) is 37.3 Å². The van der Waals surface area contributed by atoms with Gasteiger partial charge in [0.2, 0.25) is 0 Å². The lowest BCUT2D eigenvalue weighted by Crippen LogP contribution is -2.45. The molecular weight excluding hydrogens is 318 g/mol. The summed E-state index contributed by atoms with van der Waals surface area (Å²) in [5, 5.41) is 7.34. The number of amides is 1. The van der Waals surface area contributed by atoms with E-state index in [-0.39, 0.29) is 11.9 Å². The number of carbonyl (C=O) groups excluding carboxylic acids is 1. The lowest BCUT2D eigenvalue weighted by atomic mass is 10.1. The van der Waals surface area contributed by atoms with Gasteiger partial charge in [-0.1, -0.05) is 12.1 Å². The molecule has 1 amide bonds. The molecule has 7 heteroatoms. The highest BCUT2D eigenvalue weighted by Gasteiger charge is 2.24. The molecule has 2 aromatic heterocycles. The Balaban J connectivity index is 1.38. The van der Waals surface area contributed by atoms with Crippen molar-refractivity contribution < 1.29 is 9.21 Å². The van der Waals surface area contributed by atoms with Gasteiger partial charge in [0.25, 0.3) is 11.9 Å². The highest BCUT2D eigenvalue weighted by molar-refractivity contribution is 5.92. The van der Waals surface area contributed by atoms with Gasteiger partial charge in [-0.25, -0.2) is 0 Å². The number of aromatic nitrogens is 3. The third kappa shape index (κ3) is 3.09.